The molecule has 1 atom stereocenters. The number of nitrogens with zero attached hydrogens (tertiary/aromatic N) is 3. The Morgan fingerprint density at radius 3 is 2.62 bits per heavy atom. The Morgan fingerprint density at radius 1 is 1.10 bits per heavy atom. The normalized spacial score (nSPS) is 12.3. The Kier molecular flexibility index (Phi) is 4.13. The van der Waals surface area contributed by atoms with Crippen molar-refractivity contribution < 1.29 is 0 Å². The first-order valence-electron chi connectivity index (χ1n) is 6.65. The number of rotatable bonds is 4. The molecule has 2 heterocycles. The molecule has 0 saturated carbocycles. The maximum atomic E-state index is 4.45. The maximum Gasteiger partial charge on any atom is 0.0645 e. The van der Waals surface area contributed by atoms with E-state index in [0.29, 0.717) is 0 Å². The molecule has 0 aliphatic rings. The number of benzene rings is 1. The number of para-hydroxylation sites is 1. The second kappa shape index (κ2) is 6.20. The van der Waals surface area contributed by atoms with Gasteiger partial charge in [0.1, 0.15) is 0 Å². The molecule has 3 rings (SSSR count). The third-order valence-corrected chi connectivity index (χ3v) is 3.74. The van der Waals surface area contributed by atoms with Crippen molar-refractivity contribution in [3.63, 3.8) is 0 Å². The highest BCUT2D eigenvalue weighted by atomic mass is 79.9. The highest BCUT2D eigenvalue weighted by Crippen LogP contribution is 2.23. The fourth-order valence-electron chi connectivity index (χ4n) is 2.32. The molecular formula is C16H15BrN4. The van der Waals surface area contributed by atoms with Crippen molar-refractivity contribution in [3.8, 4) is 5.69 Å². The van der Waals surface area contributed by atoms with Crippen LogP contribution < -0.4 is 5.32 Å². The van der Waals surface area contributed by atoms with Crippen molar-refractivity contribution in [1.82, 2.24) is 20.1 Å². The Morgan fingerprint density at radius 2 is 1.90 bits per heavy atom. The molecule has 0 bridgehead atoms. The van der Waals surface area contributed by atoms with E-state index in [9.17, 15) is 0 Å². The Bertz CT molecular complexity index is 724. The summed E-state index contributed by atoms with van der Waals surface area (Å²) in [7, 11) is 1.94. The van der Waals surface area contributed by atoms with E-state index in [-0.39, 0.29) is 6.04 Å². The lowest BCUT2D eigenvalue weighted by Crippen LogP contribution is -2.17. The van der Waals surface area contributed by atoms with Crippen LogP contribution in [0, 0.1) is 0 Å². The van der Waals surface area contributed by atoms with Gasteiger partial charge in [0.25, 0.3) is 0 Å². The maximum absolute atomic E-state index is 4.45. The van der Waals surface area contributed by atoms with E-state index in [1.165, 1.54) is 0 Å². The molecule has 1 aromatic carbocycles. The average Bonchev–Trinajstić information content (AvgIpc) is 2.99. The number of aromatic nitrogens is 3. The third kappa shape index (κ3) is 3.04. The van der Waals surface area contributed by atoms with E-state index in [1.54, 1.807) is 6.20 Å². The van der Waals surface area contributed by atoms with Crippen molar-refractivity contribution in [1.29, 1.82) is 0 Å². The first-order valence-corrected chi connectivity index (χ1v) is 7.45. The molecule has 5 heteroatoms. The molecule has 1 unspecified atom stereocenters. The van der Waals surface area contributed by atoms with Crippen LogP contribution in [0.1, 0.15) is 17.2 Å². The van der Waals surface area contributed by atoms with Crippen LogP contribution in [0.2, 0.25) is 0 Å². The number of nitrogens with one attached hydrogen (secondary N) is 1. The van der Waals surface area contributed by atoms with Crippen LogP contribution in [0.5, 0.6) is 0 Å². The first-order chi connectivity index (χ1) is 10.3. The topological polar surface area (TPSA) is 42.7 Å². The second-order valence-electron chi connectivity index (χ2n) is 4.71. The molecule has 4 nitrogen and oxygen atoms in total. The zero-order chi connectivity index (χ0) is 14.7. The van der Waals surface area contributed by atoms with E-state index >= 15 is 0 Å². The predicted molar refractivity (Wildman–Crippen MR) is 86.4 cm³/mol. The van der Waals surface area contributed by atoms with Gasteiger partial charge in [0, 0.05) is 28.6 Å². The standard InChI is InChI=1S/C16H15BrN4/c1-18-16(12-7-14(17)10-19-8-12)13-9-20-21(11-13)15-5-3-2-4-6-15/h2-11,16,18H,1H3. The molecule has 0 amide bonds. The van der Waals surface area contributed by atoms with Crippen LogP contribution in [-0.2, 0) is 0 Å². The summed E-state index contributed by atoms with van der Waals surface area (Å²) >= 11 is 3.46. The lowest BCUT2D eigenvalue weighted by molar-refractivity contribution is 0.688. The Balaban J connectivity index is 1.94. The quantitative estimate of drug-likeness (QED) is 0.790. The molecule has 0 fully saturated rings. The van der Waals surface area contributed by atoms with Crippen LogP contribution in [0.3, 0.4) is 0 Å². The molecule has 0 radical (unpaired) electrons. The zero-order valence-electron chi connectivity index (χ0n) is 11.6. The Hall–Kier alpha value is -1.98. The van der Waals surface area contributed by atoms with E-state index in [4.69, 9.17) is 0 Å². The lowest BCUT2D eigenvalue weighted by Gasteiger charge is -2.14. The lowest BCUT2D eigenvalue weighted by atomic mass is 10.0. The molecule has 0 aliphatic heterocycles. The van der Waals surface area contributed by atoms with Crippen LogP contribution in [-0.4, -0.2) is 21.8 Å². The molecule has 1 N–H and O–H groups in total. The Labute approximate surface area is 132 Å². The summed E-state index contributed by atoms with van der Waals surface area (Å²) in [4.78, 5) is 4.23. The minimum atomic E-state index is 0.0625. The number of hydrogen-bond donors (Lipinski definition) is 1. The van der Waals surface area contributed by atoms with E-state index < -0.39 is 0 Å². The van der Waals surface area contributed by atoms with Gasteiger partial charge < -0.3 is 5.32 Å². The number of hydrogen-bond acceptors (Lipinski definition) is 3. The van der Waals surface area contributed by atoms with Crippen molar-refractivity contribution in [2.75, 3.05) is 7.05 Å². The highest BCUT2D eigenvalue weighted by molar-refractivity contribution is 9.10. The van der Waals surface area contributed by atoms with Gasteiger partial charge in [0.15, 0.2) is 0 Å². The largest absolute Gasteiger partial charge is 0.309 e. The summed E-state index contributed by atoms with van der Waals surface area (Å²) in [5.74, 6) is 0. The van der Waals surface area contributed by atoms with Gasteiger partial charge in [0.05, 0.1) is 17.9 Å². The minimum absolute atomic E-state index is 0.0625. The average molecular weight is 343 g/mol. The monoisotopic (exact) mass is 342 g/mol. The van der Waals surface area contributed by atoms with Gasteiger partial charge in [-0.25, -0.2) is 4.68 Å². The van der Waals surface area contributed by atoms with Crippen molar-refractivity contribution in [2.45, 2.75) is 6.04 Å². The summed E-state index contributed by atoms with van der Waals surface area (Å²) in [6.07, 6.45) is 7.57. The number of pyridine rings is 1. The first kappa shape index (κ1) is 14.0. The van der Waals surface area contributed by atoms with Gasteiger partial charge in [0.2, 0.25) is 0 Å². The molecule has 3 aromatic rings. The van der Waals surface area contributed by atoms with Crippen LogP contribution in [0.25, 0.3) is 5.69 Å². The van der Waals surface area contributed by atoms with Crippen molar-refractivity contribution >= 4 is 15.9 Å². The van der Waals surface area contributed by atoms with E-state index in [1.807, 2.05) is 60.7 Å². The summed E-state index contributed by atoms with van der Waals surface area (Å²) in [6, 6.07) is 12.2. The van der Waals surface area contributed by atoms with Gasteiger partial charge in [-0.05, 0) is 46.7 Å². The zero-order valence-corrected chi connectivity index (χ0v) is 13.2. The SMILES string of the molecule is CNC(c1cncc(Br)c1)c1cnn(-c2ccccc2)c1. The molecule has 0 spiro atoms. The molecular weight excluding hydrogens is 328 g/mol. The molecule has 106 valence electrons. The van der Waals surface area contributed by atoms with E-state index in [0.717, 1.165) is 21.3 Å². The number of halogens is 1. The van der Waals surface area contributed by atoms with Crippen LogP contribution >= 0.6 is 15.9 Å². The fraction of sp³-hybridized carbons (Fsp3) is 0.125. The summed E-state index contributed by atoms with van der Waals surface area (Å²) in [6.45, 7) is 0. The van der Waals surface area contributed by atoms with Gasteiger partial charge in [-0.1, -0.05) is 18.2 Å². The highest BCUT2D eigenvalue weighted by Gasteiger charge is 2.15. The summed E-state index contributed by atoms with van der Waals surface area (Å²) < 4.78 is 2.85. The van der Waals surface area contributed by atoms with Crippen LogP contribution in [0.4, 0.5) is 0 Å². The van der Waals surface area contributed by atoms with Gasteiger partial charge in [-0.3, -0.25) is 4.98 Å². The molecule has 2 aromatic heterocycles. The smallest absolute Gasteiger partial charge is 0.0645 e. The fourth-order valence-corrected chi connectivity index (χ4v) is 2.70. The van der Waals surface area contributed by atoms with Gasteiger partial charge >= 0.3 is 0 Å². The van der Waals surface area contributed by atoms with E-state index in [2.05, 4.69) is 37.4 Å². The second-order valence-corrected chi connectivity index (χ2v) is 5.63. The van der Waals surface area contributed by atoms with Crippen LogP contribution in [0.15, 0.2) is 65.7 Å². The third-order valence-electron chi connectivity index (χ3n) is 3.30. The summed E-state index contributed by atoms with van der Waals surface area (Å²) in [5.41, 5.74) is 3.24. The molecule has 21 heavy (non-hydrogen) atoms. The van der Waals surface area contributed by atoms with Gasteiger partial charge in [-0.15, -0.1) is 0 Å². The van der Waals surface area contributed by atoms with Crippen molar-refractivity contribution in [3.05, 3.63) is 76.8 Å². The summed E-state index contributed by atoms with van der Waals surface area (Å²) in [5, 5.41) is 7.76. The molecule has 0 saturated heterocycles. The van der Waals surface area contributed by atoms with Crippen molar-refractivity contribution in [2.24, 2.45) is 0 Å². The predicted octanol–water partition coefficient (Wildman–Crippen LogP) is 3.34. The minimum Gasteiger partial charge on any atom is -0.309 e. The van der Waals surface area contributed by atoms with Gasteiger partial charge in [-0.2, -0.15) is 5.10 Å². The molecule has 0 aliphatic carbocycles.